The molecule has 0 spiro atoms. The van der Waals surface area contributed by atoms with Crippen LogP contribution in [0.15, 0.2) is 41.0 Å². The third-order valence-corrected chi connectivity index (χ3v) is 4.41. The number of hydrogen-bond donors (Lipinski definition) is 1. The van der Waals surface area contributed by atoms with Crippen LogP contribution in [0, 0.1) is 0 Å². The van der Waals surface area contributed by atoms with Gasteiger partial charge < -0.3 is 24.7 Å². The quantitative estimate of drug-likeness (QED) is 0.817. The van der Waals surface area contributed by atoms with E-state index in [4.69, 9.17) is 14.9 Å². The topological polar surface area (TPSA) is 71.9 Å². The molecule has 1 amide bonds. The summed E-state index contributed by atoms with van der Waals surface area (Å²) >= 11 is 0. The maximum Gasteiger partial charge on any atom is 0.289 e. The first kappa shape index (κ1) is 17.4. The summed E-state index contributed by atoms with van der Waals surface area (Å²) in [6, 6.07) is 9.19. The predicted octanol–water partition coefficient (Wildman–Crippen LogP) is 2.75. The highest BCUT2D eigenvalue weighted by Crippen LogP contribution is 2.25. The van der Waals surface area contributed by atoms with E-state index in [2.05, 4.69) is 0 Å². The van der Waals surface area contributed by atoms with Crippen molar-refractivity contribution < 1.29 is 13.9 Å². The first-order chi connectivity index (χ1) is 12.0. The Kier molecular flexibility index (Phi) is 5.28. The smallest absolute Gasteiger partial charge is 0.289 e. The minimum Gasteiger partial charge on any atom is -0.459 e. The minimum atomic E-state index is -0.132. The molecule has 2 N–H and O–H groups in total. The van der Waals surface area contributed by atoms with E-state index in [0.29, 0.717) is 24.5 Å². The highest BCUT2D eigenvalue weighted by atomic mass is 16.5. The van der Waals surface area contributed by atoms with Crippen molar-refractivity contribution in [3.8, 4) is 0 Å². The molecule has 3 rings (SSSR count). The number of hydrogen-bond acceptors (Lipinski definition) is 5. The van der Waals surface area contributed by atoms with Crippen molar-refractivity contribution in [1.82, 2.24) is 4.90 Å². The van der Waals surface area contributed by atoms with Crippen molar-refractivity contribution in [3.63, 3.8) is 0 Å². The molecule has 1 aliphatic heterocycles. The lowest BCUT2D eigenvalue weighted by molar-refractivity contribution is 0.0484. The molecule has 25 heavy (non-hydrogen) atoms. The van der Waals surface area contributed by atoms with Gasteiger partial charge in [0.15, 0.2) is 5.76 Å². The number of furan rings is 1. The molecule has 2 heterocycles. The van der Waals surface area contributed by atoms with Gasteiger partial charge in [-0.1, -0.05) is 0 Å². The zero-order valence-electron chi connectivity index (χ0n) is 14.8. The number of amides is 1. The van der Waals surface area contributed by atoms with Gasteiger partial charge in [0.25, 0.3) is 5.91 Å². The van der Waals surface area contributed by atoms with Gasteiger partial charge in [0.1, 0.15) is 0 Å². The van der Waals surface area contributed by atoms with Crippen molar-refractivity contribution in [2.45, 2.75) is 25.5 Å². The summed E-state index contributed by atoms with van der Waals surface area (Å²) in [6.45, 7) is 1.76. The third kappa shape index (κ3) is 4.14. The third-order valence-electron chi connectivity index (χ3n) is 4.41. The van der Waals surface area contributed by atoms with Gasteiger partial charge in [0.2, 0.25) is 0 Å². The SMILES string of the molecule is CN(C)c1ccc(N)cc1CN(CC1CCCO1)C(=O)c1ccco1. The van der Waals surface area contributed by atoms with Crippen molar-refractivity contribution in [3.05, 3.63) is 47.9 Å². The van der Waals surface area contributed by atoms with Gasteiger partial charge >= 0.3 is 0 Å². The van der Waals surface area contributed by atoms with Crippen LogP contribution in [-0.2, 0) is 11.3 Å². The van der Waals surface area contributed by atoms with Crippen LogP contribution in [0.3, 0.4) is 0 Å². The zero-order chi connectivity index (χ0) is 17.8. The largest absolute Gasteiger partial charge is 0.459 e. The van der Waals surface area contributed by atoms with Gasteiger partial charge in [-0.25, -0.2) is 0 Å². The highest BCUT2D eigenvalue weighted by molar-refractivity contribution is 5.91. The molecule has 1 aromatic heterocycles. The average Bonchev–Trinajstić information content (AvgIpc) is 3.27. The highest BCUT2D eigenvalue weighted by Gasteiger charge is 2.25. The fraction of sp³-hybridized carbons (Fsp3) is 0.421. The lowest BCUT2D eigenvalue weighted by Gasteiger charge is -2.27. The molecular weight excluding hydrogens is 318 g/mol. The van der Waals surface area contributed by atoms with Crippen LogP contribution in [0.25, 0.3) is 0 Å². The first-order valence-corrected chi connectivity index (χ1v) is 8.54. The first-order valence-electron chi connectivity index (χ1n) is 8.54. The van der Waals surface area contributed by atoms with Crippen LogP contribution < -0.4 is 10.6 Å². The van der Waals surface area contributed by atoms with Crippen LogP contribution in [0.4, 0.5) is 11.4 Å². The standard InChI is InChI=1S/C19H25N3O3/c1-21(2)17-8-7-15(20)11-14(17)12-22(13-16-5-3-9-24-16)19(23)18-6-4-10-25-18/h4,6-8,10-11,16H,3,5,9,12-13,20H2,1-2H3. The van der Waals surface area contributed by atoms with Crippen LogP contribution in [0.1, 0.15) is 29.0 Å². The molecule has 0 saturated carbocycles. The fourth-order valence-corrected chi connectivity index (χ4v) is 3.18. The Bertz CT molecular complexity index is 707. The number of ether oxygens (including phenoxy) is 1. The summed E-state index contributed by atoms with van der Waals surface area (Å²) in [4.78, 5) is 16.7. The van der Waals surface area contributed by atoms with Crippen molar-refractivity contribution in [2.75, 3.05) is 37.9 Å². The lowest BCUT2D eigenvalue weighted by atomic mass is 10.1. The normalized spacial score (nSPS) is 16.8. The zero-order valence-corrected chi connectivity index (χ0v) is 14.8. The fourth-order valence-electron chi connectivity index (χ4n) is 3.18. The van der Waals surface area contributed by atoms with E-state index in [1.807, 2.05) is 37.2 Å². The van der Waals surface area contributed by atoms with Gasteiger partial charge in [-0.3, -0.25) is 4.79 Å². The number of nitrogens with two attached hydrogens (primary N) is 1. The molecule has 1 aliphatic rings. The summed E-state index contributed by atoms with van der Waals surface area (Å²) in [5.74, 6) is 0.209. The lowest BCUT2D eigenvalue weighted by Crippen LogP contribution is -2.37. The Morgan fingerprint density at radius 1 is 1.32 bits per heavy atom. The van der Waals surface area contributed by atoms with Crippen LogP contribution in [0.5, 0.6) is 0 Å². The summed E-state index contributed by atoms with van der Waals surface area (Å²) in [5, 5.41) is 0. The second-order valence-corrected chi connectivity index (χ2v) is 6.58. The number of benzene rings is 1. The molecule has 0 aliphatic carbocycles. The number of nitrogen functional groups attached to an aromatic ring is 1. The van der Waals surface area contributed by atoms with E-state index >= 15 is 0 Å². The summed E-state index contributed by atoms with van der Waals surface area (Å²) in [5.41, 5.74) is 8.70. The van der Waals surface area contributed by atoms with Crippen molar-refractivity contribution in [1.29, 1.82) is 0 Å². The van der Waals surface area contributed by atoms with E-state index in [1.54, 1.807) is 17.0 Å². The Hall–Kier alpha value is -2.47. The Balaban J connectivity index is 1.86. The van der Waals surface area contributed by atoms with E-state index in [0.717, 1.165) is 30.7 Å². The van der Waals surface area contributed by atoms with Gasteiger partial charge in [-0.2, -0.15) is 0 Å². The summed E-state index contributed by atoms with van der Waals surface area (Å²) in [7, 11) is 3.96. The summed E-state index contributed by atoms with van der Waals surface area (Å²) < 4.78 is 11.0. The number of carbonyl (C=O) groups is 1. The van der Waals surface area contributed by atoms with Crippen molar-refractivity contribution in [2.24, 2.45) is 0 Å². The molecule has 1 fully saturated rings. The molecule has 1 unspecified atom stereocenters. The van der Waals surface area contributed by atoms with Crippen LogP contribution in [-0.4, -0.2) is 44.2 Å². The van der Waals surface area contributed by atoms with E-state index in [1.165, 1.54) is 6.26 Å². The Labute approximate surface area is 148 Å². The number of rotatable bonds is 6. The minimum absolute atomic E-state index is 0.0720. The van der Waals surface area contributed by atoms with Crippen LogP contribution in [0.2, 0.25) is 0 Å². The van der Waals surface area contributed by atoms with Crippen LogP contribution >= 0.6 is 0 Å². The second kappa shape index (κ2) is 7.61. The molecule has 1 atom stereocenters. The maximum atomic E-state index is 12.9. The molecule has 0 radical (unpaired) electrons. The number of nitrogens with zero attached hydrogens (tertiary/aromatic N) is 2. The molecule has 134 valence electrons. The molecule has 1 aromatic carbocycles. The van der Waals surface area contributed by atoms with E-state index < -0.39 is 0 Å². The average molecular weight is 343 g/mol. The molecule has 6 nitrogen and oxygen atoms in total. The van der Waals surface area contributed by atoms with Gasteiger partial charge in [0.05, 0.1) is 12.4 Å². The molecule has 2 aromatic rings. The molecule has 6 heteroatoms. The molecule has 0 bridgehead atoms. The van der Waals surface area contributed by atoms with E-state index in [9.17, 15) is 4.79 Å². The molecular formula is C19H25N3O3. The van der Waals surface area contributed by atoms with Gasteiger partial charge in [-0.05, 0) is 48.7 Å². The predicted molar refractivity (Wildman–Crippen MR) is 97.6 cm³/mol. The monoisotopic (exact) mass is 343 g/mol. The number of anilines is 2. The second-order valence-electron chi connectivity index (χ2n) is 6.58. The van der Waals surface area contributed by atoms with Gasteiger partial charge in [-0.15, -0.1) is 0 Å². The van der Waals surface area contributed by atoms with Gasteiger partial charge in [0, 0.05) is 45.2 Å². The van der Waals surface area contributed by atoms with E-state index in [-0.39, 0.29) is 12.0 Å². The maximum absolute atomic E-state index is 12.9. The Morgan fingerprint density at radius 2 is 2.16 bits per heavy atom. The van der Waals surface area contributed by atoms with Crippen molar-refractivity contribution >= 4 is 17.3 Å². The molecule has 1 saturated heterocycles. The summed E-state index contributed by atoms with van der Waals surface area (Å²) in [6.07, 6.45) is 3.60. The number of carbonyl (C=O) groups excluding carboxylic acids is 1. The Morgan fingerprint density at radius 3 is 2.80 bits per heavy atom.